The number of thiophene rings is 1. The van der Waals surface area contributed by atoms with E-state index in [4.69, 9.17) is 4.74 Å². The molecule has 2 rings (SSSR count). The second kappa shape index (κ2) is 3.62. The molecular weight excluding hydrogens is 192 g/mol. The average molecular weight is 206 g/mol. The molecule has 2 aromatic rings. The molecule has 0 aliphatic carbocycles. The summed E-state index contributed by atoms with van der Waals surface area (Å²) in [7, 11) is 1.74. The van der Waals surface area contributed by atoms with Crippen molar-refractivity contribution >= 4 is 21.4 Å². The Morgan fingerprint density at radius 3 is 2.79 bits per heavy atom. The van der Waals surface area contributed by atoms with Gasteiger partial charge in [-0.25, -0.2) is 0 Å². The quantitative estimate of drug-likeness (QED) is 0.726. The molecule has 0 atom stereocenters. The molecule has 74 valence electrons. The van der Waals surface area contributed by atoms with E-state index >= 15 is 0 Å². The summed E-state index contributed by atoms with van der Waals surface area (Å²) in [4.78, 5) is 1.36. The van der Waals surface area contributed by atoms with Gasteiger partial charge in [0.1, 0.15) is 5.75 Å². The fourth-order valence-electron chi connectivity index (χ4n) is 1.83. The van der Waals surface area contributed by atoms with Gasteiger partial charge in [0.25, 0.3) is 0 Å². The maximum absolute atomic E-state index is 5.36. The van der Waals surface area contributed by atoms with E-state index in [0.717, 1.165) is 12.2 Å². The largest absolute Gasteiger partial charge is 0.496 e. The third-order valence-electron chi connectivity index (χ3n) is 2.47. The van der Waals surface area contributed by atoms with Gasteiger partial charge in [0, 0.05) is 15.1 Å². The average Bonchev–Trinajstić information content (AvgIpc) is 2.56. The molecule has 0 saturated carbocycles. The molecule has 0 amide bonds. The van der Waals surface area contributed by atoms with Gasteiger partial charge in [-0.2, -0.15) is 0 Å². The lowest BCUT2D eigenvalue weighted by Crippen LogP contribution is -1.90. The summed E-state index contributed by atoms with van der Waals surface area (Å²) in [6.45, 7) is 4.32. The first-order valence-corrected chi connectivity index (χ1v) is 5.64. The molecule has 1 heterocycles. The summed E-state index contributed by atoms with van der Waals surface area (Å²) in [5.74, 6) is 1.01. The van der Waals surface area contributed by atoms with E-state index in [1.165, 1.54) is 20.5 Å². The van der Waals surface area contributed by atoms with Gasteiger partial charge in [-0.15, -0.1) is 11.3 Å². The fourth-order valence-corrected chi connectivity index (χ4v) is 2.78. The van der Waals surface area contributed by atoms with E-state index in [2.05, 4.69) is 32.0 Å². The van der Waals surface area contributed by atoms with Crippen LogP contribution in [0, 0.1) is 6.92 Å². The van der Waals surface area contributed by atoms with E-state index in [-0.39, 0.29) is 0 Å². The molecule has 0 unspecified atom stereocenters. The third kappa shape index (κ3) is 1.40. The Hall–Kier alpha value is -1.02. The molecule has 0 spiro atoms. The van der Waals surface area contributed by atoms with Crippen molar-refractivity contribution < 1.29 is 4.74 Å². The molecule has 1 nitrogen and oxygen atoms in total. The van der Waals surface area contributed by atoms with Gasteiger partial charge in [-0.3, -0.25) is 0 Å². The van der Waals surface area contributed by atoms with Crippen molar-refractivity contribution in [2.75, 3.05) is 7.11 Å². The molecule has 0 fully saturated rings. The van der Waals surface area contributed by atoms with Crippen LogP contribution in [0.25, 0.3) is 10.1 Å². The molecule has 2 heteroatoms. The number of rotatable bonds is 2. The van der Waals surface area contributed by atoms with Crippen molar-refractivity contribution in [2.24, 2.45) is 0 Å². The standard InChI is InChI=1S/C12H14OS/c1-4-9-10-7-8(2)14-12(10)6-5-11(9)13-3/h5-7H,4H2,1-3H3. The summed E-state index contributed by atoms with van der Waals surface area (Å²) in [5, 5.41) is 1.36. The zero-order valence-corrected chi connectivity index (χ0v) is 9.57. The lowest BCUT2D eigenvalue weighted by Gasteiger charge is -2.07. The minimum atomic E-state index is 1.01. The molecule has 1 aromatic heterocycles. The van der Waals surface area contributed by atoms with Gasteiger partial charge >= 0.3 is 0 Å². The van der Waals surface area contributed by atoms with Crippen LogP contribution >= 0.6 is 11.3 Å². The molecule has 0 saturated heterocycles. The number of hydrogen-bond acceptors (Lipinski definition) is 2. The second-order valence-electron chi connectivity index (χ2n) is 3.37. The van der Waals surface area contributed by atoms with Gasteiger partial charge in [-0.1, -0.05) is 6.92 Å². The number of hydrogen-bond donors (Lipinski definition) is 0. The number of aryl methyl sites for hydroxylation is 2. The van der Waals surface area contributed by atoms with Crippen molar-refractivity contribution in [1.82, 2.24) is 0 Å². The fraction of sp³-hybridized carbons (Fsp3) is 0.333. The summed E-state index contributed by atoms with van der Waals surface area (Å²) in [5.41, 5.74) is 1.33. The highest BCUT2D eigenvalue weighted by Crippen LogP contribution is 2.33. The summed E-state index contributed by atoms with van der Waals surface area (Å²) >= 11 is 1.85. The van der Waals surface area contributed by atoms with E-state index < -0.39 is 0 Å². The van der Waals surface area contributed by atoms with Crippen molar-refractivity contribution in [2.45, 2.75) is 20.3 Å². The van der Waals surface area contributed by atoms with Crippen molar-refractivity contribution in [1.29, 1.82) is 0 Å². The van der Waals surface area contributed by atoms with Crippen LogP contribution in [0.2, 0.25) is 0 Å². The third-order valence-corrected chi connectivity index (χ3v) is 3.48. The zero-order chi connectivity index (χ0) is 10.1. The lowest BCUT2D eigenvalue weighted by molar-refractivity contribution is 0.411. The monoisotopic (exact) mass is 206 g/mol. The van der Waals surface area contributed by atoms with Gasteiger partial charge in [0.15, 0.2) is 0 Å². The molecule has 0 N–H and O–H groups in total. The Kier molecular flexibility index (Phi) is 2.46. The number of benzene rings is 1. The number of fused-ring (bicyclic) bond motifs is 1. The van der Waals surface area contributed by atoms with Gasteiger partial charge in [0.05, 0.1) is 7.11 Å². The smallest absolute Gasteiger partial charge is 0.122 e. The second-order valence-corrected chi connectivity index (χ2v) is 4.66. The van der Waals surface area contributed by atoms with E-state index in [0.29, 0.717) is 0 Å². The van der Waals surface area contributed by atoms with Gasteiger partial charge < -0.3 is 4.74 Å². The van der Waals surface area contributed by atoms with Crippen LogP contribution in [0.1, 0.15) is 17.4 Å². The maximum Gasteiger partial charge on any atom is 0.122 e. The zero-order valence-electron chi connectivity index (χ0n) is 8.76. The minimum Gasteiger partial charge on any atom is -0.496 e. The van der Waals surface area contributed by atoms with Crippen LogP contribution in [0.3, 0.4) is 0 Å². The highest BCUT2D eigenvalue weighted by Gasteiger charge is 2.08. The molecule has 0 radical (unpaired) electrons. The molecule has 14 heavy (non-hydrogen) atoms. The van der Waals surface area contributed by atoms with Crippen LogP contribution in [-0.4, -0.2) is 7.11 Å². The molecule has 1 aromatic carbocycles. The topological polar surface area (TPSA) is 9.23 Å². The summed E-state index contributed by atoms with van der Waals surface area (Å²) in [6.07, 6.45) is 1.02. The van der Waals surface area contributed by atoms with Gasteiger partial charge in [0.2, 0.25) is 0 Å². The SMILES string of the molecule is CCc1c(OC)ccc2sc(C)cc12. The van der Waals surface area contributed by atoms with E-state index in [1.807, 2.05) is 11.3 Å². The maximum atomic E-state index is 5.36. The van der Waals surface area contributed by atoms with Crippen molar-refractivity contribution in [3.8, 4) is 5.75 Å². The van der Waals surface area contributed by atoms with Crippen LogP contribution in [0.15, 0.2) is 18.2 Å². The number of methoxy groups -OCH3 is 1. The van der Waals surface area contributed by atoms with Crippen LogP contribution in [0.4, 0.5) is 0 Å². The molecule has 0 aliphatic heterocycles. The molecule has 0 aliphatic rings. The van der Waals surface area contributed by atoms with Crippen molar-refractivity contribution in [3.05, 3.63) is 28.6 Å². The minimum absolute atomic E-state index is 1.01. The summed E-state index contributed by atoms with van der Waals surface area (Å²) in [6, 6.07) is 6.46. The Morgan fingerprint density at radius 2 is 2.14 bits per heavy atom. The Bertz CT molecular complexity index is 457. The first-order valence-electron chi connectivity index (χ1n) is 4.82. The summed E-state index contributed by atoms with van der Waals surface area (Å²) < 4.78 is 6.72. The molecular formula is C12H14OS. The normalized spacial score (nSPS) is 10.8. The van der Waals surface area contributed by atoms with Crippen LogP contribution in [0.5, 0.6) is 5.75 Å². The number of ether oxygens (including phenoxy) is 1. The Labute approximate surface area is 88.3 Å². The Balaban J connectivity index is 2.75. The highest BCUT2D eigenvalue weighted by atomic mass is 32.1. The van der Waals surface area contributed by atoms with Crippen LogP contribution < -0.4 is 4.74 Å². The highest BCUT2D eigenvalue weighted by molar-refractivity contribution is 7.19. The Morgan fingerprint density at radius 1 is 1.36 bits per heavy atom. The van der Waals surface area contributed by atoms with Crippen molar-refractivity contribution in [3.63, 3.8) is 0 Å². The van der Waals surface area contributed by atoms with E-state index in [1.54, 1.807) is 7.11 Å². The lowest BCUT2D eigenvalue weighted by atomic mass is 10.1. The first-order chi connectivity index (χ1) is 6.76. The predicted octanol–water partition coefficient (Wildman–Crippen LogP) is 3.78. The van der Waals surface area contributed by atoms with Gasteiger partial charge in [-0.05, 0) is 36.9 Å². The first kappa shape index (κ1) is 9.53. The van der Waals surface area contributed by atoms with Crippen LogP contribution in [-0.2, 0) is 6.42 Å². The predicted molar refractivity (Wildman–Crippen MR) is 62.5 cm³/mol. The molecule has 0 bridgehead atoms. The van der Waals surface area contributed by atoms with E-state index in [9.17, 15) is 0 Å².